The van der Waals surface area contributed by atoms with Gasteiger partial charge < -0.3 is 4.90 Å². The lowest BCUT2D eigenvalue weighted by Crippen LogP contribution is -2.16. The van der Waals surface area contributed by atoms with Crippen molar-refractivity contribution in [3.05, 3.63) is 211 Å². The first-order valence-electron chi connectivity index (χ1n) is 19.6. The zero-order chi connectivity index (χ0) is 37.4. The molecule has 1 nitrogen and oxygen atoms in total. The normalized spacial score (nSPS) is 13.0. The van der Waals surface area contributed by atoms with Crippen molar-refractivity contribution < 1.29 is 0 Å². The fourth-order valence-electron chi connectivity index (χ4n) is 9.40. The molecule has 0 aromatic heterocycles. The molecule has 1 heteroatoms. The van der Waals surface area contributed by atoms with Gasteiger partial charge in [-0.1, -0.05) is 178 Å². The summed E-state index contributed by atoms with van der Waals surface area (Å²) in [5, 5.41) is 10.2. The molecule has 0 radical (unpaired) electrons. The topological polar surface area (TPSA) is 3.24 Å². The van der Waals surface area contributed by atoms with Gasteiger partial charge in [0.25, 0.3) is 0 Å². The van der Waals surface area contributed by atoms with Gasteiger partial charge in [-0.15, -0.1) is 0 Å². The first kappa shape index (κ1) is 32.5. The Morgan fingerprint density at radius 2 is 0.911 bits per heavy atom. The summed E-state index contributed by atoms with van der Waals surface area (Å²) in [6.07, 6.45) is 0. The Balaban J connectivity index is 1.09. The largest absolute Gasteiger partial charge is 0.309 e. The molecule has 0 atom stereocenters. The van der Waals surface area contributed by atoms with Gasteiger partial charge >= 0.3 is 0 Å². The van der Waals surface area contributed by atoms with Crippen LogP contribution in [0.15, 0.2) is 200 Å². The average Bonchev–Trinajstić information content (AvgIpc) is 3.50. The van der Waals surface area contributed by atoms with Crippen LogP contribution in [0.5, 0.6) is 0 Å². The number of anilines is 3. The lowest BCUT2D eigenvalue weighted by atomic mass is 9.82. The van der Waals surface area contributed by atoms with Gasteiger partial charge in [0.15, 0.2) is 0 Å². The van der Waals surface area contributed by atoms with Gasteiger partial charge in [-0.05, 0) is 113 Å². The number of para-hydroxylation sites is 1. The maximum absolute atomic E-state index is 2.49. The second kappa shape index (κ2) is 12.5. The minimum atomic E-state index is -0.109. The van der Waals surface area contributed by atoms with Crippen LogP contribution in [-0.2, 0) is 5.41 Å². The van der Waals surface area contributed by atoms with Gasteiger partial charge in [-0.2, -0.15) is 0 Å². The van der Waals surface area contributed by atoms with Crippen molar-refractivity contribution in [2.24, 2.45) is 0 Å². The summed E-state index contributed by atoms with van der Waals surface area (Å²) in [6.45, 7) is 4.72. The third-order valence-corrected chi connectivity index (χ3v) is 12.2. The van der Waals surface area contributed by atoms with Crippen molar-refractivity contribution in [3.8, 4) is 33.4 Å². The Labute approximate surface area is 327 Å². The molecule has 0 N–H and O–H groups in total. The molecule has 0 aliphatic heterocycles. The lowest BCUT2D eigenvalue weighted by molar-refractivity contribution is 0.660. The molecule has 1 aliphatic rings. The summed E-state index contributed by atoms with van der Waals surface area (Å²) in [5.41, 5.74) is 13.5. The third-order valence-electron chi connectivity index (χ3n) is 12.2. The monoisotopic (exact) mass is 713 g/mol. The number of hydrogen-bond donors (Lipinski definition) is 0. The molecule has 10 aromatic rings. The Kier molecular flexibility index (Phi) is 7.28. The van der Waals surface area contributed by atoms with E-state index in [1.54, 1.807) is 0 Å². The predicted octanol–water partition coefficient (Wildman–Crippen LogP) is 15.4. The van der Waals surface area contributed by atoms with E-state index < -0.39 is 0 Å². The average molecular weight is 714 g/mol. The highest BCUT2D eigenvalue weighted by Crippen LogP contribution is 2.55. The summed E-state index contributed by atoms with van der Waals surface area (Å²) in [7, 11) is 0. The summed E-state index contributed by atoms with van der Waals surface area (Å²) in [5.74, 6) is 0. The molecule has 0 unspecified atom stereocenters. The van der Waals surface area contributed by atoms with Gasteiger partial charge in [-0.25, -0.2) is 0 Å². The highest BCUT2D eigenvalue weighted by Gasteiger charge is 2.38. The summed E-state index contributed by atoms with van der Waals surface area (Å²) >= 11 is 0. The lowest BCUT2D eigenvalue weighted by Gasteiger charge is -2.30. The van der Waals surface area contributed by atoms with E-state index in [0.29, 0.717) is 0 Å². The van der Waals surface area contributed by atoms with Crippen molar-refractivity contribution in [1.82, 2.24) is 0 Å². The maximum Gasteiger partial charge on any atom is 0.0543 e. The summed E-state index contributed by atoms with van der Waals surface area (Å²) in [6, 6.07) is 74.0. The highest BCUT2D eigenvalue weighted by molar-refractivity contribution is 6.17. The molecule has 0 spiro atoms. The van der Waals surface area contributed by atoms with Crippen molar-refractivity contribution in [1.29, 1.82) is 0 Å². The molecule has 1 aliphatic carbocycles. The Bertz CT molecular complexity index is 3170. The van der Waals surface area contributed by atoms with Crippen molar-refractivity contribution in [3.63, 3.8) is 0 Å². The molecular weight excluding hydrogens is 675 g/mol. The Morgan fingerprint density at radius 3 is 1.75 bits per heavy atom. The smallest absolute Gasteiger partial charge is 0.0543 e. The van der Waals surface area contributed by atoms with E-state index in [0.717, 1.165) is 11.4 Å². The van der Waals surface area contributed by atoms with Crippen LogP contribution in [0.2, 0.25) is 0 Å². The van der Waals surface area contributed by atoms with E-state index in [1.807, 2.05) is 0 Å². The molecule has 0 fully saturated rings. The quantitative estimate of drug-likeness (QED) is 0.161. The zero-order valence-electron chi connectivity index (χ0n) is 31.5. The number of hydrogen-bond acceptors (Lipinski definition) is 1. The van der Waals surface area contributed by atoms with E-state index in [4.69, 9.17) is 0 Å². The van der Waals surface area contributed by atoms with Crippen LogP contribution < -0.4 is 4.90 Å². The molecular formula is C55H39N. The van der Waals surface area contributed by atoms with Gasteiger partial charge in [0.05, 0.1) is 11.4 Å². The van der Waals surface area contributed by atoms with Crippen LogP contribution in [0.4, 0.5) is 17.1 Å². The molecule has 0 bridgehead atoms. The minimum absolute atomic E-state index is 0.109. The van der Waals surface area contributed by atoms with Crippen molar-refractivity contribution in [2.75, 3.05) is 4.90 Å². The highest BCUT2D eigenvalue weighted by atomic mass is 15.1. The molecule has 0 amide bonds. The fraction of sp³-hybridized carbons (Fsp3) is 0.0545. The van der Waals surface area contributed by atoms with E-state index in [2.05, 4.69) is 219 Å². The van der Waals surface area contributed by atoms with Crippen molar-refractivity contribution >= 4 is 60.2 Å². The zero-order valence-corrected chi connectivity index (χ0v) is 31.5. The third kappa shape index (κ3) is 5.01. The number of fused-ring (bicyclic) bond motifs is 9. The number of benzene rings is 10. The molecule has 264 valence electrons. The second-order valence-electron chi connectivity index (χ2n) is 15.7. The Morgan fingerprint density at radius 1 is 0.339 bits per heavy atom. The van der Waals surface area contributed by atoms with Crippen LogP contribution in [-0.4, -0.2) is 0 Å². The van der Waals surface area contributed by atoms with Gasteiger partial charge in [0.1, 0.15) is 0 Å². The number of rotatable bonds is 5. The van der Waals surface area contributed by atoms with Gasteiger partial charge in [0.2, 0.25) is 0 Å². The molecule has 0 saturated carbocycles. The van der Waals surface area contributed by atoms with Crippen LogP contribution in [0.3, 0.4) is 0 Å². The second-order valence-corrected chi connectivity index (χ2v) is 15.7. The van der Waals surface area contributed by atoms with E-state index in [9.17, 15) is 0 Å². The van der Waals surface area contributed by atoms with Gasteiger partial charge in [0, 0.05) is 22.2 Å². The van der Waals surface area contributed by atoms with E-state index in [-0.39, 0.29) is 5.41 Å². The Hall–Kier alpha value is -6.96. The van der Waals surface area contributed by atoms with Crippen LogP contribution in [0, 0.1) is 0 Å². The van der Waals surface area contributed by atoms with Gasteiger partial charge in [-0.3, -0.25) is 0 Å². The fourth-order valence-corrected chi connectivity index (χ4v) is 9.40. The van der Waals surface area contributed by atoms with Crippen LogP contribution in [0.1, 0.15) is 25.0 Å². The predicted molar refractivity (Wildman–Crippen MR) is 240 cm³/mol. The number of nitrogens with zero attached hydrogens (tertiary/aromatic N) is 1. The molecule has 11 rings (SSSR count). The summed E-state index contributed by atoms with van der Waals surface area (Å²) in [4.78, 5) is 2.49. The van der Waals surface area contributed by atoms with E-state index in [1.165, 1.54) is 93.3 Å². The molecule has 10 aromatic carbocycles. The first-order valence-corrected chi connectivity index (χ1v) is 19.6. The molecule has 0 saturated heterocycles. The molecule has 56 heavy (non-hydrogen) atoms. The molecule has 0 heterocycles. The first-order chi connectivity index (χ1) is 27.5. The summed E-state index contributed by atoms with van der Waals surface area (Å²) < 4.78 is 0. The maximum atomic E-state index is 2.49. The van der Waals surface area contributed by atoms with E-state index >= 15 is 0 Å². The van der Waals surface area contributed by atoms with Crippen LogP contribution in [0.25, 0.3) is 76.5 Å². The standard InChI is InChI=1S/C55H39N/c1-55(2)50-18-9-7-17-48(50)54-51(55)19-11-21-53(54)56(52-20-10-8-16-45(52)42-25-22-36-12-3-4-14-40(36)34-42)43-30-26-37(27-31-43)41-24-23-39-29-32-46-44-15-6-5-13-38(44)28-33-47(46)49(39)35-41/h3-35H,1-2H3. The SMILES string of the molecule is CC1(C)c2ccccc2-c2c(N(c3ccc(-c4ccc5ccc6c7ccccc7ccc6c5c4)cc3)c3ccccc3-c3ccc4ccccc4c3)cccc21. The van der Waals surface area contributed by atoms with Crippen LogP contribution >= 0.6 is 0 Å². The minimum Gasteiger partial charge on any atom is -0.309 e. The van der Waals surface area contributed by atoms with Crippen molar-refractivity contribution in [2.45, 2.75) is 19.3 Å².